The van der Waals surface area contributed by atoms with Crippen LogP contribution in [0.2, 0.25) is 0 Å². The number of nitrogens with one attached hydrogen (secondary N) is 1. The summed E-state index contributed by atoms with van der Waals surface area (Å²) in [6, 6.07) is 15.8. The van der Waals surface area contributed by atoms with Crippen LogP contribution in [0.1, 0.15) is 30.9 Å². The second-order valence-corrected chi connectivity index (χ2v) is 6.07. The zero-order chi connectivity index (χ0) is 18.1. The van der Waals surface area contributed by atoms with Crippen molar-refractivity contribution in [2.45, 2.75) is 39.2 Å². The Balaban J connectivity index is 1.75. The van der Waals surface area contributed by atoms with Gasteiger partial charge in [0.15, 0.2) is 6.10 Å². The summed E-state index contributed by atoms with van der Waals surface area (Å²) in [5.74, 6) is 1.37. The molecule has 0 radical (unpaired) electrons. The number of methoxy groups -OCH3 is 1. The molecule has 0 aliphatic carbocycles. The SMILES string of the molecule is CC[C@@H](Oc1ccc(OC)cc1)C(=O)NCCCc1ccc(C)cc1. The molecule has 0 unspecified atom stereocenters. The molecule has 0 bridgehead atoms. The van der Waals surface area contributed by atoms with Crippen molar-refractivity contribution >= 4 is 5.91 Å². The van der Waals surface area contributed by atoms with Crippen LogP contribution in [0.4, 0.5) is 0 Å². The van der Waals surface area contributed by atoms with Crippen LogP contribution in [0, 0.1) is 6.92 Å². The van der Waals surface area contributed by atoms with Crippen LogP contribution in [0.25, 0.3) is 0 Å². The van der Waals surface area contributed by atoms with Crippen LogP contribution in [-0.4, -0.2) is 25.7 Å². The van der Waals surface area contributed by atoms with E-state index in [1.165, 1.54) is 11.1 Å². The van der Waals surface area contributed by atoms with Crippen LogP contribution >= 0.6 is 0 Å². The van der Waals surface area contributed by atoms with Crippen LogP contribution in [0.15, 0.2) is 48.5 Å². The first-order valence-electron chi connectivity index (χ1n) is 8.76. The van der Waals surface area contributed by atoms with E-state index in [1.54, 1.807) is 7.11 Å². The van der Waals surface area contributed by atoms with Gasteiger partial charge in [-0.25, -0.2) is 0 Å². The molecule has 2 aromatic carbocycles. The standard InChI is InChI=1S/C21H27NO3/c1-4-20(25-19-13-11-18(24-3)12-14-19)21(23)22-15-5-6-17-9-7-16(2)8-10-17/h7-14,20H,4-6,15H2,1-3H3,(H,22,23)/t20-/m1/s1. The molecule has 1 amide bonds. The van der Waals surface area contributed by atoms with Crippen molar-refractivity contribution < 1.29 is 14.3 Å². The van der Waals surface area contributed by atoms with E-state index in [4.69, 9.17) is 9.47 Å². The van der Waals surface area contributed by atoms with Crippen LogP contribution in [-0.2, 0) is 11.2 Å². The highest BCUT2D eigenvalue weighted by molar-refractivity contribution is 5.81. The number of aryl methyl sites for hydroxylation is 2. The molecule has 0 saturated carbocycles. The Bertz CT molecular complexity index is 650. The van der Waals surface area contributed by atoms with E-state index >= 15 is 0 Å². The number of carbonyl (C=O) groups is 1. The molecule has 2 rings (SSSR count). The van der Waals surface area contributed by atoms with E-state index < -0.39 is 6.10 Å². The molecule has 0 fully saturated rings. The lowest BCUT2D eigenvalue weighted by Crippen LogP contribution is -2.38. The molecule has 2 aromatic rings. The number of ether oxygens (including phenoxy) is 2. The Kier molecular flexibility index (Phi) is 7.33. The van der Waals surface area contributed by atoms with Crippen molar-refractivity contribution in [1.29, 1.82) is 0 Å². The molecule has 4 heteroatoms. The third-order valence-electron chi connectivity index (χ3n) is 4.06. The lowest BCUT2D eigenvalue weighted by atomic mass is 10.1. The fourth-order valence-electron chi connectivity index (χ4n) is 2.51. The van der Waals surface area contributed by atoms with E-state index in [2.05, 4.69) is 36.5 Å². The monoisotopic (exact) mass is 341 g/mol. The summed E-state index contributed by atoms with van der Waals surface area (Å²) >= 11 is 0. The Labute approximate surface area is 150 Å². The quantitative estimate of drug-likeness (QED) is 0.704. The Morgan fingerprint density at radius 3 is 2.28 bits per heavy atom. The largest absolute Gasteiger partial charge is 0.497 e. The molecule has 4 nitrogen and oxygen atoms in total. The zero-order valence-corrected chi connectivity index (χ0v) is 15.2. The van der Waals surface area contributed by atoms with Crippen LogP contribution in [0.3, 0.4) is 0 Å². The maximum atomic E-state index is 12.3. The fourth-order valence-corrected chi connectivity index (χ4v) is 2.51. The minimum absolute atomic E-state index is 0.0674. The highest BCUT2D eigenvalue weighted by Crippen LogP contribution is 2.19. The lowest BCUT2D eigenvalue weighted by Gasteiger charge is -2.17. The molecule has 0 saturated heterocycles. The number of hydrogen-bond donors (Lipinski definition) is 1. The van der Waals surface area contributed by atoms with Gasteiger partial charge in [-0.2, -0.15) is 0 Å². The Morgan fingerprint density at radius 2 is 1.68 bits per heavy atom. The normalized spacial score (nSPS) is 11.6. The highest BCUT2D eigenvalue weighted by Gasteiger charge is 2.17. The van der Waals surface area contributed by atoms with Gasteiger partial charge >= 0.3 is 0 Å². The summed E-state index contributed by atoms with van der Waals surface area (Å²) in [7, 11) is 1.62. The van der Waals surface area contributed by atoms with Crippen molar-refractivity contribution in [1.82, 2.24) is 5.32 Å². The summed E-state index contributed by atoms with van der Waals surface area (Å²) < 4.78 is 10.9. The summed E-state index contributed by atoms with van der Waals surface area (Å²) in [6.07, 6.45) is 2.01. The number of amides is 1. The van der Waals surface area contributed by atoms with E-state index in [0.29, 0.717) is 18.7 Å². The number of hydrogen-bond acceptors (Lipinski definition) is 3. The average Bonchev–Trinajstić information content (AvgIpc) is 2.65. The zero-order valence-electron chi connectivity index (χ0n) is 15.2. The fraction of sp³-hybridized carbons (Fsp3) is 0.381. The van der Waals surface area contributed by atoms with Gasteiger partial charge in [0.2, 0.25) is 0 Å². The molecule has 134 valence electrons. The smallest absolute Gasteiger partial charge is 0.261 e. The molecule has 1 N–H and O–H groups in total. The second kappa shape index (κ2) is 9.72. The van der Waals surface area contributed by atoms with Gasteiger partial charge in [-0.1, -0.05) is 36.8 Å². The molecule has 0 aliphatic rings. The van der Waals surface area contributed by atoms with Crippen molar-refractivity contribution in [3.05, 3.63) is 59.7 Å². The maximum Gasteiger partial charge on any atom is 0.261 e. The average molecular weight is 341 g/mol. The first-order valence-corrected chi connectivity index (χ1v) is 8.76. The van der Waals surface area contributed by atoms with Gasteiger partial charge in [-0.3, -0.25) is 4.79 Å². The summed E-state index contributed by atoms with van der Waals surface area (Å²) in [5, 5.41) is 2.97. The molecular formula is C21H27NO3. The van der Waals surface area contributed by atoms with E-state index in [-0.39, 0.29) is 5.91 Å². The molecular weight excluding hydrogens is 314 g/mol. The molecule has 0 aromatic heterocycles. The minimum atomic E-state index is -0.479. The first kappa shape index (κ1) is 18.8. The Hall–Kier alpha value is -2.49. The van der Waals surface area contributed by atoms with Gasteiger partial charge < -0.3 is 14.8 Å². The lowest BCUT2D eigenvalue weighted by molar-refractivity contribution is -0.128. The number of carbonyl (C=O) groups excluding carboxylic acids is 1. The van der Waals surface area contributed by atoms with Gasteiger partial charge in [0.05, 0.1) is 7.11 Å². The minimum Gasteiger partial charge on any atom is -0.497 e. The van der Waals surface area contributed by atoms with Gasteiger partial charge in [0, 0.05) is 6.54 Å². The number of rotatable bonds is 9. The first-order chi connectivity index (χ1) is 12.1. The third-order valence-corrected chi connectivity index (χ3v) is 4.06. The van der Waals surface area contributed by atoms with E-state index in [1.807, 2.05) is 31.2 Å². The molecule has 25 heavy (non-hydrogen) atoms. The van der Waals surface area contributed by atoms with Crippen LogP contribution < -0.4 is 14.8 Å². The predicted molar refractivity (Wildman–Crippen MR) is 100 cm³/mol. The van der Waals surface area contributed by atoms with Gasteiger partial charge in [0.25, 0.3) is 5.91 Å². The summed E-state index contributed by atoms with van der Waals surface area (Å²) in [4.78, 5) is 12.3. The molecule has 0 aliphatic heterocycles. The molecule has 0 heterocycles. The van der Waals surface area contributed by atoms with Crippen molar-refractivity contribution in [2.24, 2.45) is 0 Å². The third kappa shape index (κ3) is 6.14. The summed E-state index contributed by atoms with van der Waals surface area (Å²) in [6.45, 7) is 4.67. The highest BCUT2D eigenvalue weighted by atomic mass is 16.5. The molecule has 0 spiro atoms. The molecule has 1 atom stereocenters. The van der Waals surface area contributed by atoms with Gasteiger partial charge in [0.1, 0.15) is 11.5 Å². The van der Waals surface area contributed by atoms with Crippen LogP contribution in [0.5, 0.6) is 11.5 Å². The second-order valence-electron chi connectivity index (χ2n) is 6.07. The maximum absolute atomic E-state index is 12.3. The van der Waals surface area contributed by atoms with Crippen molar-refractivity contribution in [3.8, 4) is 11.5 Å². The topological polar surface area (TPSA) is 47.6 Å². The van der Waals surface area contributed by atoms with E-state index in [9.17, 15) is 4.79 Å². The van der Waals surface area contributed by atoms with Crippen molar-refractivity contribution in [3.63, 3.8) is 0 Å². The number of benzene rings is 2. The van der Waals surface area contributed by atoms with E-state index in [0.717, 1.165) is 18.6 Å². The van der Waals surface area contributed by atoms with Crippen molar-refractivity contribution in [2.75, 3.05) is 13.7 Å². The Morgan fingerprint density at radius 1 is 1.04 bits per heavy atom. The summed E-state index contributed by atoms with van der Waals surface area (Å²) in [5.41, 5.74) is 2.56. The predicted octanol–water partition coefficient (Wildman–Crippen LogP) is 3.91. The van der Waals surface area contributed by atoms with Gasteiger partial charge in [-0.15, -0.1) is 0 Å². The van der Waals surface area contributed by atoms with Gasteiger partial charge in [-0.05, 0) is 56.0 Å².